The molecular formula is C20H28N4O5S. The van der Waals surface area contributed by atoms with E-state index in [-0.39, 0.29) is 16.1 Å². The lowest BCUT2D eigenvalue weighted by Gasteiger charge is -2.36. The van der Waals surface area contributed by atoms with Crippen LogP contribution in [0.3, 0.4) is 0 Å². The van der Waals surface area contributed by atoms with Crippen molar-refractivity contribution in [3.8, 4) is 5.75 Å². The van der Waals surface area contributed by atoms with Crippen molar-refractivity contribution in [1.29, 1.82) is 0 Å². The van der Waals surface area contributed by atoms with E-state index in [1.54, 1.807) is 31.3 Å². The minimum Gasteiger partial charge on any atom is -0.494 e. The Morgan fingerprint density at radius 3 is 2.37 bits per heavy atom. The number of aromatic nitrogens is 2. The van der Waals surface area contributed by atoms with Gasteiger partial charge in [-0.1, -0.05) is 6.07 Å². The number of anilines is 1. The van der Waals surface area contributed by atoms with Gasteiger partial charge in [-0.05, 0) is 24.6 Å². The molecule has 1 aliphatic rings. The summed E-state index contributed by atoms with van der Waals surface area (Å²) < 4.78 is 31.6. The molecule has 0 bridgehead atoms. The molecule has 1 saturated heterocycles. The second kappa shape index (κ2) is 9.05. The number of benzene rings is 1. The molecule has 164 valence electrons. The Balaban J connectivity index is 1.47. The summed E-state index contributed by atoms with van der Waals surface area (Å²) in [5.41, 5.74) is -0.621. The summed E-state index contributed by atoms with van der Waals surface area (Å²) in [7, 11) is -0.0890. The summed E-state index contributed by atoms with van der Waals surface area (Å²) in [5, 5.41) is 0. The van der Waals surface area contributed by atoms with Crippen LogP contribution in [0.2, 0.25) is 0 Å². The molecule has 0 N–H and O–H groups in total. The molecule has 0 aliphatic carbocycles. The zero-order valence-electron chi connectivity index (χ0n) is 17.6. The van der Waals surface area contributed by atoms with Gasteiger partial charge < -0.3 is 9.64 Å². The van der Waals surface area contributed by atoms with Gasteiger partial charge in [-0.2, -0.15) is 0 Å². The first kappa shape index (κ1) is 22.1. The zero-order chi connectivity index (χ0) is 21.9. The fraction of sp³-hybridized carbons (Fsp3) is 0.500. The predicted molar refractivity (Wildman–Crippen MR) is 115 cm³/mol. The molecule has 2 aromatic rings. The SMILES string of the molecule is Cn1c(N2CCN(CCCOc3cccc(S(C)(=O)=O)c3)CC2)cc(=O)n(C)c1=O. The van der Waals surface area contributed by atoms with Gasteiger partial charge in [0, 0.05) is 59.1 Å². The largest absolute Gasteiger partial charge is 0.494 e. The van der Waals surface area contributed by atoms with Crippen LogP contribution >= 0.6 is 0 Å². The molecule has 10 heteroatoms. The number of rotatable bonds is 7. The first-order valence-corrected chi connectivity index (χ1v) is 11.7. The van der Waals surface area contributed by atoms with E-state index >= 15 is 0 Å². The molecule has 1 aromatic carbocycles. The van der Waals surface area contributed by atoms with E-state index in [1.165, 1.54) is 23.9 Å². The van der Waals surface area contributed by atoms with Crippen molar-refractivity contribution in [2.45, 2.75) is 11.3 Å². The molecule has 0 saturated carbocycles. The number of ether oxygens (including phenoxy) is 1. The van der Waals surface area contributed by atoms with Crippen molar-refractivity contribution < 1.29 is 13.2 Å². The lowest BCUT2D eigenvalue weighted by atomic mass is 10.3. The highest BCUT2D eigenvalue weighted by molar-refractivity contribution is 7.90. The summed E-state index contributed by atoms with van der Waals surface area (Å²) in [6.45, 7) is 4.47. The lowest BCUT2D eigenvalue weighted by Crippen LogP contribution is -2.49. The van der Waals surface area contributed by atoms with E-state index in [0.29, 0.717) is 18.2 Å². The minimum atomic E-state index is -3.25. The van der Waals surface area contributed by atoms with Crippen molar-refractivity contribution in [2.75, 3.05) is 50.5 Å². The number of sulfone groups is 1. The molecule has 1 fully saturated rings. The third kappa shape index (κ3) is 5.11. The second-order valence-corrected chi connectivity index (χ2v) is 9.53. The number of hydrogen-bond acceptors (Lipinski definition) is 7. The molecule has 1 aromatic heterocycles. The monoisotopic (exact) mass is 436 g/mol. The summed E-state index contributed by atoms with van der Waals surface area (Å²) in [6, 6.07) is 8.04. The molecule has 9 nitrogen and oxygen atoms in total. The first-order valence-electron chi connectivity index (χ1n) is 9.84. The van der Waals surface area contributed by atoms with Crippen LogP contribution in [0.5, 0.6) is 5.75 Å². The minimum absolute atomic E-state index is 0.251. The van der Waals surface area contributed by atoms with Crippen LogP contribution in [-0.4, -0.2) is 68.0 Å². The molecule has 0 unspecified atom stereocenters. The molecule has 0 amide bonds. The van der Waals surface area contributed by atoms with Crippen molar-refractivity contribution in [3.63, 3.8) is 0 Å². The van der Waals surface area contributed by atoms with E-state index < -0.39 is 9.84 Å². The Morgan fingerprint density at radius 2 is 1.70 bits per heavy atom. The molecule has 0 atom stereocenters. The van der Waals surface area contributed by atoms with E-state index in [4.69, 9.17) is 4.74 Å². The topological polar surface area (TPSA) is 93.8 Å². The Bertz CT molecular complexity index is 1110. The third-order valence-corrected chi connectivity index (χ3v) is 6.43. The Labute approximate surface area is 176 Å². The number of nitrogens with zero attached hydrogens (tertiary/aromatic N) is 4. The number of piperazine rings is 1. The van der Waals surface area contributed by atoms with Crippen LogP contribution in [0, 0.1) is 0 Å². The van der Waals surface area contributed by atoms with Gasteiger partial charge in [0.25, 0.3) is 5.56 Å². The Morgan fingerprint density at radius 1 is 1.00 bits per heavy atom. The van der Waals surface area contributed by atoms with Gasteiger partial charge >= 0.3 is 5.69 Å². The highest BCUT2D eigenvalue weighted by atomic mass is 32.2. The first-order chi connectivity index (χ1) is 14.2. The molecule has 0 radical (unpaired) electrons. The van der Waals surface area contributed by atoms with E-state index in [9.17, 15) is 18.0 Å². The van der Waals surface area contributed by atoms with Crippen molar-refractivity contribution in [1.82, 2.24) is 14.0 Å². The third-order valence-electron chi connectivity index (χ3n) is 5.32. The van der Waals surface area contributed by atoms with Crippen molar-refractivity contribution >= 4 is 15.7 Å². The normalized spacial score (nSPS) is 15.4. The van der Waals surface area contributed by atoms with Crippen LogP contribution in [0.25, 0.3) is 0 Å². The zero-order valence-corrected chi connectivity index (χ0v) is 18.4. The molecule has 1 aliphatic heterocycles. The van der Waals surface area contributed by atoms with Crippen LogP contribution in [0.15, 0.2) is 44.8 Å². The maximum absolute atomic E-state index is 12.1. The van der Waals surface area contributed by atoms with Crippen LogP contribution < -0.4 is 20.9 Å². The van der Waals surface area contributed by atoms with Crippen LogP contribution in [0.4, 0.5) is 5.82 Å². The highest BCUT2D eigenvalue weighted by Gasteiger charge is 2.20. The predicted octanol–water partition coefficient (Wildman–Crippen LogP) is 0.0786. The van der Waals surface area contributed by atoms with E-state index in [2.05, 4.69) is 9.80 Å². The fourth-order valence-corrected chi connectivity index (χ4v) is 4.15. The molecule has 30 heavy (non-hydrogen) atoms. The molecule has 2 heterocycles. The van der Waals surface area contributed by atoms with Crippen LogP contribution in [0.1, 0.15) is 6.42 Å². The van der Waals surface area contributed by atoms with Gasteiger partial charge in [-0.15, -0.1) is 0 Å². The molecular weight excluding hydrogens is 408 g/mol. The molecule has 0 spiro atoms. The Kier molecular flexibility index (Phi) is 6.67. The van der Waals surface area contributed by atoms with Crippen molar-refractivity contribution in [2.24, 2.45) is 14.1 Å². The summed E-state index contributed by atoms with van der Waals surface area (Å²) >= 11 is 0. The van der Waals surface area contributed by atoms with Gasteiger partial charge in [0.05, 0.1) is 11.5 Å². The van der Waals surface area contributed by atoms with Crippen molar-refractivity contribution in [3.05, 3.63) is 51.2 Å². The maximum atomic E-state index is 12.1. The van der Waals surface area contributed by atoms with Crippen LogP contribution in [-0.2, 0) is 23.9 Å². The average molecular weight is 437 g/mol. The average Bonchev–Trinajstić information content (AvgIpc) is 2.72. The summed E-state index contributed by atoms with van der Waals surface area (Å²) in [6.07, 6.45) is 1.99. The van der Waals surface area contributed by atoms with E-state index in [0.717, 1.165) is 43.7 Å². The summed E-state index contributed by atoms with van der Waals surface area (Å²) in [5.74, 6) is 1.20. The maximum Gasteiger partial charge on any atom is 0.332 e. The van der Waals surface area contributed by atoms with Gasteiger partial charge in [0.1, 0.15) is 11.6 Å². The van der Waals surface area contributed by atoms with Gasteiger partial charge in [-0.3, -0.25) is 18.8 Å². The quantitative estimate of drug-likeness (QED) is 0.568. The van der Waals surface area contributed by atoms with E-state index in [1.807, 2.05) is 0 Å². The number of hydrogen-bond donors (Lipinski definition) is 0. The standard InChI is InChI=1S/C20H28N4O5S/c1-21-18(15-19(25)22(2)20(21)26)24-11-9-23(10-12-24)8-5-13-29-16-6-4-7-17(14-16)30(3,27)28/h4,6-7,14-15H,5,8-13H2,1-3H3. The Hall–Kier alpha value is -2.59. The highest BCUT2D eigenvalue weighted by Crippen LogP contribution is 2.18. The smallest absolute Gasteiger partial charge is 0.332 e. The fourth-order valence-electron chi connectivity index (χ4n) is 3.50. The summed E-state index contributed by atoms with van der Waals surface area (Å²) in [4.78, 5) is 28.7. The van der Waals surface area contributed by atoms with Gasteiger partial charge in [-0.25, -0.2) is 13.2 Å². The van der Waals surface area contributed by atoms with Gasteiger partial charge in [0.15, 0.2) is 9.84 Å². The second-order valence-electron chi connectivity index (χ2n) is 7.52. The molecule has 3 rings (SSSR count). The van der Waals surface area contributed by atoms with Gasteiger partial charge in [0.2, 0.25) is 0 Å². The lowest BCUT2D eigenvalue weighted by molar-refractivity contribution is 0.224.